The Balaban J connectivity index is 1.49. The summed E-state index contributed by atoms with van der Waals surface area (Å²) >= 11 is 0. The number of aryl methyl sites for hydroxylation is 2. The van der Waals surface area contributed by atoms with Crippen LogP contribution in [0.4, 0.5) is 8.78 Å². The molecule has 4 aromatic carbocycles. The van der Waals surface area contributed by atoms with E-state index in [1.54, 1.807) is 0 Å². The van der Waals surface area contributed by atoms with Gasteiger partial charge in [0.15, 0.2) is 0 Å². The van der Waals surface area contributed by atoms with Crippen LogP contribution in [0.15, 0.2) is 97.1 Å². The fourth-order valence-electron chi connectivity index (χ4n) is 5.20. The molecular formula is C35H39F2NO. The smallest absolute Gasteiger partial charge is 0.129 e. The molecule has 0 N–H and O–H groups in total. The van der Waals surface area contributed by atoms with Crippen LogP contribution in [0.25, 0.3) is 0 Å². The highest BCUT2D eigenvalue weighted by atomic mass is 19.1. The first kappa shape index (κ1) is 28.7. The first-order valence-electron chi connectivity index (χ1n) is 13.9. The Morgan fingerprint density at radius 3 is 1.69 bits per heavy atom. The normalized spacial score (nSPS) is 12.1. The van der Waals surface area contributed by atoms with Gasteiger partial charge in [0.2, 0.25) is 0 Å². The molecule has 0 heterocycles. The van der Waals surface area contributed by atoms with Crippen molar-refractivity contribution in [1.29, 1.82) is 0 Å². The number of rotatable bonds is 14. The van der Waals surface area contributed by atoms with Gasteiger partial charge in [-0.3, -0.25) is 4.90 Å². The molecule has 1 unspecified atom stereocenters. The van der Waals surface area contributed by atoms with Crippen molar-refractivity contribution in [2.24, 2.45) is 0 Å². The first-order valence-corrected chi connectivity index (χ1v) is 13.9. The van der Waals surface area contributed by atoms with Crippen molar-refractivity contribution in [1.82, 2.24) is 4.90 Å². The van der Waals surface area contributed by atoms with E-state index in [4.69, 9.17) is 4.74 Å². The molecule has 0 amide bonds. The summed E-state index contributed by atoms with van der Waals surface area (Å²) in [5.41, 5.74) is 6.38. The molecule has 0 saturated heterocycles. The van der Waals surface area contributed by atoms with E-state index in [0.717, 1.165) is 32.5 Å². The van der Waals surface area contributed by atoms with Crippen LogP contribution in [-0.4, -0.2) is 31.1 Å². The fourth-order valence-corrected chi connectivity index (χ4v) is 5.20. The monoisotopic (exact) mass is 527 g/mol. The number of hydrogen-bond donors (Lipinski definition) is 0. The predicted octanol–water partition coefficient (Wildman–Crippen LogP) is 8.06. The van der Waals surface area contributed by atoms with E-state index in [0.29, 0.717) is 19.4 Å². The molecule has 0 aromatic heterocycles. The van der Waals surface area contributed by atoms with Crippen molar-refractivity contribution >= 4 is 0 Å². The second-order valence-electron chi connectivity index (χ2n) is 10.2. The molecule has 4 heteroatoms. The van der Waals surface area contributed by atoms with Gasteiger partial charge in [-0.2, -0.15) is 0 Å². The van der Waals surface area contributed by atoms with Crippen molar-refractivity contribution in [3.05, 3.63) is 142 Å². The van der Waals surface area contributed by atoms with Crippen LogP contribution in [0.3, 0.4) is 0 Å². The first-order chi connectivity index (χ1) is 19.0. The summed E-state index contributed by atoms with van der Waals surface area (Å²) in [6, 6.07) is 31.5. The minimum absolute atomic E-state index is 0.136. The van der Waals surface area contributed by atoms with Gasteiger partial charge < -0.3 is 4.74 Å². The van der Waals surface area contributed by atoms with Gasteiger partial charge in [-0.25, -0.2) is 8.78 Å². The molecular weight excluding hydrogens is 488 g/mol. The van der Waals surface area contributed by atoms with E-state index < -0.39 is 11.6 Å². The molecule has 0 fully saturated rings. The molecule has 0 spiro atoms. The Kier molecular flexibility index (Phi) is 10.8. The average molecular weight is 528 g/mol. The highest BCUT2D eigenvalue weighted by Gasteiger charge is 2.21. The molecule has 0 saturated carbocycles. The van der Waals surface area contributed by atoms with Crippen molar-refractivity contribution in [2.75, 3.05) is 26.2 Å². The van der Waals surface area contributed by atoms with Crippen LogP contribution in [0.2, 0.25) is 0 Å². The maximum atomic E-state index is 14.1. The van der Waals surface area contributed by atoms with Crippen molar-refractivity contribution in [3.63, 3.8) is 0 Å². The highest BCUT2D eigenvalue weighted by molar-refractivity contribution is 5.35. The van der Waals surface area contributed by atoms with Gasteiger partial charge in [0.05, 0.1) is 6.10 Å². The lowest BCUT2D eigenvalue weighted by atomic mass is 9.97. The van der Waals surface area contributed by atoms with Gasteiger partial charge in [0.25, 0.3) is 0 Å². The highest BCUT2D eigenvalue weighted by Crippen LogP contribution is 2.27. The van der Waals surface area contributed by atoms with E-state index in [1.165, 1.54) is 46.0 Å². The molecule has 0 radical (unpaired) electrons. The number of benzene rings is 4. The fraction of sp³-hybridized carbons (Fsp3) is 0.314. The summed E-state index contributed by atoms with van der Waals surface area (Å²) < 4.78 is 34.8. The van der Waals surface area contributed by atoms with E-state index in [2.05, 4.69) is 97.6 Å². The molecule has 204 valence electrons. The number of hydrogen-bond acceptors (Lipinski definition) is 2. The molecule has 4 aromatic rings. The summed E-state index contributed by atoms with van der Waals surface area (Å²) in [6.45, 7) is 7.28. The summed E-state index contributed by atoms with van der Waals surface area (Å²) in [5, 5.41) is 0. The van der Waals surface area contributed by atoms with Crippen LogP contribution in [0.5, 0.6) is 0 Å². The van der Waals surface area contributed by atoms with E-state index >= 15 is 0 Å². The van der Waals surface area contributed by atoms with Crippen molar-refractivity contribution in [2.45, 2.75) is 45.6 Å². The van der Waals surface area contributed by atoms with Crippen LogP contribution in [0.1, 0.15) is 45.9 Å². The van der Waals surface area contributed by atoms with E-state index in [1.807, 2.05) is 0 Å². The lowest BCUT2D eigenvalue weighted by Gasteiger charge is -2.30. The van der Waals surface area contributed by atoms with Gasteiger partial charge >= 0.3 is 0 Å². The van der Waals surface area contributed by atoms with Crippen LogP contribution in [-0.2, 0) is 24.0 Å². The zero-order valence-corrected chi connectivity index (χ0v) is 23.1. The standard InChI is InChI=1S/C35H39F2NO/c1-27-12-9-13-28(2)35(27)34(39-25-11-18-31-32(36)19-10-20-33(31)37)26-38(23-21-29-14-5-3-6-15-29)24-22-30-16-7-4-8-17-30/h3-10,12-17,19-20,34H,11,18,21-26H2,1-2H3. The topological polar surface area (TPSA) is 12.5 Å². The van der Waals surface area contributed by atoms with Crippen molar-refractivity contribution < 1.29 is 13.5 Å². The Bertz CT molecular complexity index is 1210. The second-order valence-corrected chi connectivity index (χ2v) is 10.2. The zero-order chi connectivity index (χ0) is 27.5. The Labute approximate surface area is 232 Å². The molecule has 2 nitrogen and oxygen atoms in total. The third-order valence-corrected chi connectivity index (χ3v) is 7.36. The second kappa shape index (κ2) is 14.7. The maximum absolute atomic E-state index is 14.1. The number of halogens is 2. The summed E-state index contributed by atoms with van der Waals surface area (Å²) in [5.74, 6) is -0.983. The molecule has 0 aliphatic carbocycles. The molecule has 4 rings (SSSR count). The predicted molar refractivity (Wildman–Crippen MR) is 156 cm³/mol. The molecule has 39 heavy (non-hydrogen) atoms. The quantitative estimate of drug-likeness (QED) is 0.154. The Morgan fingerprint density at radius 2 is 1.15 bits per heavy atom. The summed E-state index contributed by atoms with van der Waals surface area (Å²) in [6.07, 6.45) is 2.64. The van der Waals surface area contributed by atoms with Gasteiger partial charge in [0, 0.05) is 31.8 Å². The zero-order valence-electron chi connectivity index (χ0n) is 23.1. The van der Waals surface area contributed by atoms with Gasteiger partial charge in [-0.1, -0.05) is 84.9 Å². The largest absolute Gasteiger partial charge is 0.372 e. The summed E-state index contributed by atoms with van der Waals surface area (Å²) in [7, 11) is 0. The minimum atomic E-state index is -0.491. The maximum Gasteiger partial charge on any atom is 0.129 e. The Hall–Kier alpha value is -3.34. The van der Waals surface area contributed by atoms with Gasteiger partial charge in [-0.15, -0.1) is 0 Å². The lowest BCUT2D eigenvalue weighted by Crippen LogP contribution is -2.34. The van der Waals surface area contributed by atoms with Crippen molar-refractivity contribution in [3.8, 4) is 0 Å². The molecule has 1 atom stereocenters. The SMILES string of the molecule is Cc1cccc(C)c1C(CN(CCc1ccccc1)CCc1ccccc1)OCCCc1c(F)cccc1F. The lowest BCUT2D eigenvalue weighted by molar-refractivity contribution is 0.0231. The van der Waals surface area contributed by atoms with Gasteiger partial charge in [0.1, 0.15) is 11.6 Å². The summed E-state index contributed by atoms with van der Waals surface area (Å²) in [4.78, 5) is 2.49. The van der Waals surface area contributed by atoms with E-state index in [-0.39, 0.29) is 11.7 Å². The number of nitrogens with zero attached hydrogens (tertiary/aromatic N) is 1. The third-order valence-electron chi connectivity index (χ3n) is 7.36. The van der Waals surface area contributed by atoms with Crippen LogP contribution < -0.4 is 0 Å². The minimum Gasteiger partial charge on any atom is -0.372 e. The molecule has 0 bridgehead atoms. The Morgan fingerprint density at radius 1 is 0.641 bits per heavy atom. The van der Waals surface area contributed by atoms with Gasteiger partial charge in [-0.05, 0) is 79.5 Å². The third kappa shape index (κ3) is 8.58. The molecule has 0 aliphatic heterocycles. The van der Waals surface area contributed by atoms with Crippen LogP contribution >= 0.6 is 0 Å². The van der Waals surface area contributed by atoms with E-state index in [9.17, 15) is 8.78 Å². The molecule has 0 aliphatic rings. The van der Waals surface area contributed by atoms with Crippen LogP contribution in [0, 0.1) is 25.5 Å². The number of ether oxygens (including phenoxy) is 1. The average Bonchev–Trinajstić information content (AvgIpc) is 2.94.